The van der Waals surface area contributed by atoms with Crippen molar-refractivity contribution in [3.63, 3.8) is 0 Å². The molecule has 1 aromatic carbocycles. The molecule has 23 heavy (non-hydrogen) atoms. The van der Waals surface area contributed by atoms with E-state index in [9.17, 15) is 4.79 Å². The van der Waals surface area contributed by atoms with Crippen molar-refractivity contribution in [3.8, 4) is 11.5 Å². The van der Waals surface area contributed by atoms with Gasteiger partial charge in [0.05, 0.1) is 14.2 Å². The highest BCUT2D eigenvalue weighted by Crippen LogP contribution is 2.29. The lowest BCUT2D eigenvalue weighted by molar-refractivity contribution is 0.0561. The van der Waals surface area contributed by atoms with Crippen LogP contribution in [0, 0.1) is 0 Å². The molecule has 0 saturated heterocycles. The van der Waals surface area contributed by atoms with Crippen LogP contribution in [0.3, 0.4) is 0 Å². The first-order chi connectivity index (χ1) is 11.2. The van der Waals surface area contributed by atoms with Crippen molar-refractivity contribution < 1.29 is 23.4 Å². The highest BCUT2D eigenvalue weighted by molar-refractivity contribution is 9.09. The fourth-order valence-electron chi connectivity index (χ4n) is 1.90. The molecule has 6 heteroatoms. The van der Waals surface area contributed by atoms with Crippen molar-refractivity contribution in [1.29, 1.82) is 0 Å². The van der Waals surface area contributed by atoms with Crippen molar-refractivity contribution >= 4 is 28.0 Å². The Morgan fingerprint density at radius 2 is 2.04 bits per heavy atom. The van der Waals surface area contributed by atoms with Crippen molar-refractivity contribution in [3.05, 3.63) is 53.5 Å². The van der Waals surface area contributed by atoms with E-state index in [2.05, 4.69) is 20.7 Å². The van der Waals surface area contributed by atoms with Gasteiger partial charge >= 0.3 is 5.97 Å². The van der Waals surface area contributed by atoms with E-state index >= 15 is 0 Å². The Bertz CT molecular complexity index is 690. The molecule has 0 aliphatic heterocycles. The Morgan fingerprint density at radius 3 is 2.74 bits per heavy atom. The zero-order valence-corrected chi connectivity index (χ0v) is 14.5. The average Bonchev–Trinajstić information content (AvgIpc) is 3.06. The SMILES string of the molecule is COC(=O)c1ccc(COc2ccc(C=CCBr)cc2OC)o1. The molecule has 0 saturated carbocycles. The second kappa shape index (κ2) is 8.43. The summed E-state index contributed by atoms with van der Waals surface area (Å²) < 4.78 is 21.0. The molecule has 0 amide bonds. The zero-order chi connectivity index (χ0) is 16.7. The first-order valence-electron chi connectivity index (χ1n) is 6.88. The Hall–Kier alpha value is -2.21. The van der Waals surface area contributed by atoms with Crippen molar-refractivity contribution in [2.45, 2.75) is 6.61 Å². The number of esters is 1. The molecule has 0 unspecified atom stereocenters. The van der Waals surface area contributed by atoms with Crippen molar-refractivity contribution in [2.75, 3.05) is 19.5 Å². The summed E-state index contributed by atoms with van der Waals surface area (Å²) in [5.41, 5.74) is 1.01. The van der Waals surface area contributed by atoms with Gasteiger partial charge in [-0.3, -0.25) is 0 Å². The van der Waals surface area contributed by atoms with E-state index in [1.807, 2.05) is 30.4 Å². The van der Waals surface area contributed by atoms with Gasteiger partial charge in [-0.2, -0.15) is 0 Å². The molecule has 0 aliphatic rings. The van der Waals surface area contributed by atoms with Crippen LogP contribution >= 0.6 is 15.9 Å². The van der Waals surface area contributed by atoms with Gasteiger partial charge in [0, 0.05) is 5.33 Å². The second-order valence-electron chi connectivity index (χ2n) is 4.51. The highest BCUT2D eigenvalue weighted by atomic mass is 79.9. The van der Waals surface area contributed by atoms with Crippen LogP contribution in [0.5, 0.6) is 11.5 Å². The summed E-state index contributed by atoms with van der Waals surface area (Å²) in [5.74, 6) is 1.38. The summed E-state index contributed by atoms with van der Waals surface area (Å²) in [5, 5.41) is 0.786. The van der Waals surface area contributed by atoms with Gasteiger partial charge < -0.3 is 18.6 Å². The molecule has 0 radical (unpaired) electrons. The largest absolute Gasteiger partial charge is 0.493 e. The number of alkyl halides is 1. The molecule has 0 atom stereocenters. The van der Waals surface area contributed by atoms with E-state index in [-0.39, 0.29) is 12.4 Å². The number of rotatable bonds is 7. The van der Waals surface area contributed by atoms with E-state index in [0.29, 0.717) is 17.3 Å². The molecule has 0 bridgehead atoms. The molecule has 1 aromatic heterocycles. The van der Waals surface area contributed by atoms with Crippen LogP contribution in [-0.4, -0.2) is 25.5 Å². The predicted molar refractivity (Wildman–Crippen MR) is 90.2 cm³/mol. The molecule has 1 heterocycles. The van der Waals surface area contributed by atoms with Crippen molar-refractivity contribution in [1.82, 2.24) is 0 Å². The standard InChI is InChI=1S/C17H17BrO5/c1-20-16-10-12(4-3-9-18)5-7-14(16)22-11-13-6-8-15(23-13)17(19)21-2/h3-8,10H,9,11H2,1-2H3. The molecular formula is C17H17BrO5. The van der Waals surface area contributed by atoms with E-state index in [1.54, 1.807) is 19.2 Å². The average molecular weight is 381 g/mol. The second-order valence-corrected chi connectivity index (χ2v) is 5.16. The van der Waals surface area contributed by atoms with Crippen LogP contribution in [0.1, 0.15) is 21.9 Å². The van der Waals surface area contributed by atoms with Crippen LogP contribution in [0.25, 0.3) is 6.08 Å². The number of methoxy groups -OCH3 is 2. The highest BCUT2D eigenvalue weighted by Gasteiger charge is 2.12. The third kappa shape index (κ3) is 4.63. The quantitative estimate of drug-likeness (QED) is 0.535. The summed E-state index contributed by atoms with van der Waals surface area (Å²) in [6.07, 6.45) is 3.97. The maximum atomic E-state index is 11.3. The van der Waals surface area contributed by atoms with Crippen LogP contribution in [0.4, 0.5) is 0 Å². The third-order valence-electron chi connectivity index (χ3n) is 3.01. The van der Waals surface area contributed by atoms with Crippen LogP contribution in [0.15, 0.2) is 40.8 Å². The Labute approximate surface area is 143 Å². The lowest BCUT2D eigenvalue weighted by Gasteiger charge is -2.10. The van der Waals surface area contributed by atoms with Gasteiger partial charge in [-0.15, -0.1) is 0 Å². The normalized spacial score (nSPS) is 10.7. The lowest BCUT2D eigenvalue weighted by atomic mass is 10.2. The predicted octanol–water partition coefficient (Wildman–Crippen LogP) is 4.06. The Kier molecular flexibility index (Phi) is 6.29. The van der Waals surface area contributed by atoms with Gasteiger partial charge in [-0.1, -0.05) is 34.1 Å². The molecule has 5 nitrogen and oxygen atoms in total. The lowest BCUT2D eigenvalue weighted by Crippen LogP contribution is -1.99. The van der Waals surface area contributed by atoms with Crippen LogP contribution in [-0.2, 0) is 11.3 Å². The number of hydrogen-bond donors (Lipinski definition) is 0. The van der Waals surface area contributed by atoms with Gasteiger partial charge in [-0.25, -0.2) is 4.79 Å². The van der Waals surface area contributed by atoms with Crippen LogP contribution < -0.4 is 9.47 Å². The summed E-state index contributed by atoms with van der Waals surface area (Å²) >= 11 is 3.34. The van der Waals surface area contributed by atoms with Gasteiger partial charge in [0.25, 0.3) is 0 Å². The number of carbonyl (C=O) groups is 1. The number of allylic oxidation sites excluding steroid dienone is 1. The fraction of sp³-hybridized carbons (Fsp3) is 0.235. The molecule has 2 rings (SSSR count). The molecule has 0 fully saturated rings. The summed E-state index contributed by atoms with van der Waals surface area (Å²) in [4.78, 5) is 11.3. The Morgan fingerprint density at radius 1 is 1.22 bits per heavy atom. The van der Waals surface area contributed by atoms with E-state index in [1.165, 1.54) is 7.11 Å². The maximum Gasteiger partial charge on any atom is 0.373 e. The minimum Gasteiger partial charge on any atom is -0.493 e. The summed E-state index contributed by atoms with van der Waals surface area (Å²) in [6.45, 7) is 0.184. The zero-order valence-electron chi connectivity index (χ0n) is 12.9. The molecule has 0 spiro atoms. The van der Waals surface area contributed by atoms with E-state index in [4.69, 9.17) is 13.9 Å². The van der Waals surface area contributed by atoms with Gasteiger partial charge in [0.1, 0.15) is 12.4 Å². The number of benzene rings is 1. The number of furan rings is 1. The number of ether oxygens (including phenoxy) is 3. The number of carbonyl (C=O) groups excluding carboxylic acids is 1. The number of hydrogen-bond acceptors (Lipinski definition) is 5. The van der Waals surface area contributed by atoms with E-state index in [0.717, 1.165) is 10.9 Å². The Balaban J connectivity index is 2.06. The topological polar surface area (TPSA) is 57.9 Å². The first kappa shape index (κ1) is 17.1. The maximum absolute atomic E-state index is 11.3. The smallest absolute Gasteiger partial charge is 0.373 e. The molecule has 0 aliphatic carbocycles. The van der Waals surface area contributed by atoms with Gasteiger partial charge in [-0.05, 0) is 29.8 Å². The van der Waals surface area contributed by atoms with Gasteiger partial charge in [0.15, 0.2) is 11.5 Å². The molecule has 122 valence electrons. The summed E-state index contributed by atoms with van der Waals surface area (Å²) in [7, 11) is 2.89. The minimum atomic E-state index is -0.517. The molecular weight excluding hydrogens is 364 g/mol. The van der Waals surface area contributed by atoms with Crippen LogP contribution in [0.2, 0.25) is 0 Å². The monoisotopic (exact) mass is 380 g/mol. The number of halogens is 1. The summed E-state index contributed by atoms with van der Waals surface area (Å²) in [6, 6.07) is 8.87. The van der Waals surface area contributed by atoms with E-state index < -0.39 is 5.97 Å². The molecule has 2 aromatic rings. The minimum absolute atomic E-state index is 0.147. The van der Waals surface area contributed by atoms with Gasteiger partial charge in [0.2, 0.25) is 5.76 Å². The molecule has 0 N–H and O–H groups in total. The fourth-order valence-corrected chi connectivity index (χ4v) is 2.09. The third-order valence-corrected chi connectivity index (χ3v) is 3.38. The van der Waals surface area contributed by atoms with Crippen molar-refractivity contribution in [2.24, 2.45) is 0 Å². The first-order valence-corrected chi connectivity index (χ1v) is 8.00.